The highest BCUT2D eigenvalue weighted by molar-refractivity contribution is 6.16. The van der Waals surface area contributed by atoms with Crippen LogP contribution in [-0.4, -0.2) is 29.5 Å². The third kappa shape index (κ3) is 4.77. The lowest BCUT2D eigenvalue weighted by Crippen LogP contribution is -2.35. The maximum absolute atomic E-state index is 12.3. The van der Waals surface area contributed by atoms with Gasteiger partial charge in [0.25, 0.3) is 0 Å². The second kappa shape index (κ2) is 6.05. The number of alkyl halides is 4. The summed E-state index contributed by atoms with van der Waals surface area (Å²) in [4.78, 5) is 1.16. The number of anilines is 1. The van der Waals surface area contributed by atoms with Crippen molar-refractivity contribution in [3.05, 3.63) is 17.8 Å². The second-order valence-corrected chi connectivity index (χ2v) is 3.82. The van der Waals surface area contributed by atoms with Gasteiger partial charge < -0.3 is 4.90 Å². The zero-order valence-electron chi connectivity index (χ0n) is 9.34. The van der Waals surface area contributed by atoms with Crippen LogP contribution in [0.2, 0.25) is 0 Å². The van der Waals surface area contributed by atoms with E-state index in [1.807, 2.05) is 6.92 Å². The molecule has 7 heteroatoms. The topological polar surface area (TPSA) is 29.0 Å². The summed E-state index contributed by atoms with van der Waals surface area (Å²) in [5.74, 6) is 0.415. The summed E-state index contributed by atoms with van der Waals surface area (Å²) in [5, 5.41) is 7.48. The van der Waals surface area contributed by atoms with E-state index in [1.54, 1.807) is 6.07 Å². The van der Waals surface area contributed by atoms with E-state index in [9.17, 15) is 13.2 Å². The van der Waals surface area contributed by atoms with Crippen LogP contribution in [0, 0.1) is 0 Å². The minimum atomic E-state index is -4.25. The van der Waals surface area contributed by atoms with Gasteiger partial charge in [-0.25, -0.2) is 0 Å². The van der Waals surface area contributed by atoms with Crippen molar-refractivity contribution in [2.24, 2.45) is 0 Å². The van der Waals surface area contributed by atoms with Crippen molar-refractivity contribution in [3.8, 4) is 0 Å². The Morgan fingerprint density at radius 1 is 1.29 bits per heavy atom. The first kappa shape index (κ1) is 14.0. The Bertz CT molecular complexity index is 340. The van der Waals surface area contributed by atoms with Gasteiger partial charge in [-0.1, -0.05) is 6.92 Å². The molecule has 0 amide bonds. The fourth-order valence-electron chi connectivity index (χ4n) is 1.35. The lowest BCUT2D eigenvalue weighted by Gasteiger charge is -2.23. The molecule has 17 heavy (non-hydrogen) atoms. The Morgan fingerprint density at radius 3 is 2.41 bits per heavy atom. The third-order valence-corrected chi connectivity index (χ3v) is 2.30. The molecule has 0 aliphatic carbocycles. The first-order valence-corrected chi connectivity index (χ1v) is 5.70. The maximum Gasteiger partial charge on any atom is 0.405 e. The Hall–Kier alpha value is -1.04. The summed E-state index contributed by atoms with van der Waals surface area (Å²) < 4.78 is 37.0. The van der Waals surface area contributed by atoms with Crippen LogP contribution < -0.4 is 4.90 Å². The molecule has 0 N–H and O–H groups in total. The molecule has 0 aliphatic heterocycles. The number of hydrogen-bond acceptors (Lipinski definition) is 3. The molecule has 96 valence electrons. The number of halogens is 4. The van der Waals surface area contributed by atoms with Gasteiger partial charge in [0.05, 0.1) is 11.6 Å². The van der Waals surface area contributed by atoms with Crippen molar-refractivity contribution < 1.29 is 13.2 Å². The average molecular weight is 268 g/mol. The smallest absolute Gasteiger partial charge is 0.346 e. The van der Waals surface area contributed by atoms with Crippen molar-refractivity contribution in [2.45, 2.75) is 25.4 Å². The molecule has 0 spiro atoms. The first-order valence-electron chi connectivity index (χ1n) is 5.16. The molecule has 0 aliphatic rings. The number of nitrogens with zero attached hydrogens (tertiary/aromatic N) is 3. The predicted molar refractivity (Wildman–Crippen MR) is 60.1 cm³/mol. The molecule has 0 atom stereocenters. The molecule has 0 fully saturated rings. The van der Waals surface area contributed by atoms with E-state index in [2.05, 4.69) is 10.2 Å². The van der Waals surface area contributed by atoms with Crippen LogP contribution >= 0.6 is 11.6 Å². The zero-order valence-corrected chi connectivity index (χ0v) is 10.1. The van der Waals surface area contributed by atoms with E-state index in [-0.39, 0.29) is 18.2 Å². The Labute approximate surface area is 103 Å². The average Bonchev–Trinajstić information content (AvgIpc) is 2.27. The molecule has 0 saturated carbocycles. The van der Waals surface area contributed by atoms with E-state index in [1.165, 1.54) is 6.07 Å². The van der Waals surface area contributed by atoms with E-state index in [0.29, 0.717) is 12.1 Å². The van der Waals surface area contributed by atoms with Crippen LogP contribution in [0.15, 0.2) is 12.1 Å². The SMILES string of the molecule is CCCN(CC(F)(F)F)c1ccc(CCl)nn1. The zero-order chi connectivity index (χ0) is 12.9. The van der Waals surface area contributed by atoms with Crippen LogP contribution in [-0.2, 0) is 5.88 Å². The predicted octanol–water partition coefficient (Wildman–Crippen LogP) is 2.99. The van der Waals surface area contributed by atoms with Crippen LogP contribution in [0.3, 0.4) is 0 Å². The fraction of sp³-hybridized carbons (Fsp3) is 0.600. The minimum Gasteiger partial charge on any atom is -0.346 e. The molecule has 1 rings (SSSR count). The molecule has 3 nitrogen and oxygen atoms in total. The molecule has 1 aromatic heterocycles. The van der Waals surface area contributed by atoms with Gasteiger partial charge in [0, 0.05) is 6.54 Å². The second-order valence-electron chi connectivity index (χ2n) is 3.55. The summed E-state index contributed by atoms with van der Waals surface area (Å²) in [6.45, 7) is 1.08. The Balaban J connectivity index is 2.81. The molecule has 0 bridgehead atoms. The highest BCUT2D eigenvalue weighted by Gasteiger charge is 2.31. The quantitative estimate of drug-likeness (QED) is 0.768. The highest BCUT2D eigenvalue weighted by Crippen LogP contribution is 2.20. The van der Waals surface area contributed by atoms with Gasteiger partial charge in [0.1, 0.15) is 6.54 Å². The first-order chi connectivity index (χ1) is 7.96. The van der Waals surface area contributed by atoms with Crippen molar-refractivity contribution in [3.63, 3.8) is 0 Å². The standard InChI is InChI=1S/C10H13ClF3N3/c1-2-5-17(7-10(12,13)14)9-4-3-8(6-11)15-16-9/h3-4H,2,5-7H2,1H3. The van der Waals surface area contributed by atoms with Gasteiger partial charge >= 0.3 is 6.18 Å². The largest absolute Gasteiger partial charge is 0.405 e. The summed E-state index contributed by atoms with van der Waals surface area (Å²) in [5.41, 5.74) is 0.541. The monoisotopic (exact) mass is 267 g/mol. The molecule has 0 radical (unpaired) electrons. The summed E-state index contributed by atoms with van der Waals surface area (Å²) in [6, 6.07) is 3.08. The molecule has 0 unspecified atom stereocenters. The van der Waals surface area contributed by atoms with Gasteiger partial charge in [0.2, 0.25) is 0 Å². The lowest BCUT2D eigenvalue weighted by molar-refractivity contribution is -0.119. The molecule has 0 aromatic carbocycles. The van der Waals surface area contributed by atoms with E-state index in [0.717, 1.165) is 4.90 Å². The Kier molecular flexibility index (Phi) is 4.99. The third-order valence-electron chi connectivity index (χ3n) is 2.03. The molecule has 1 aromatic rings. The summed E-state index contributed by atoms with van der Waals surface area (Å²) >= 11 is 5.53. The highest BCUT2D eigenvalue weighted by atomic mass is 35.5. The van der Waals surface area contributed by atoms with Gasteiger partial charge in [-0.05, 0) is 18.6 Å². The fourth-order valence-corrected chi connectivity index (χ4v) is 1.50. The van der Waals surface area contributed by atoms with Crippen molar-refractivity contribution in [1.82, 2.24) is 10.2 Å². The van der Waals surface area contributed by atoms with Crippen molar-refractivity contribution >= 4 is 17.4 Å². The Morgan fingerprint density at radius 2 is 2.00 bits per heavy atom. The summed E-state index contributed by atoms with van der Waals surface area (Å²) in [6.07, 6.45) is -3.64. The summed E-state index contributed by atoms with van der Waals surface area (Å²) in [7, 11) is 0. The van der Waals surface area contributed by atoms with E-state index in [4.69, 9.17) is 11.6 Å². The van der Waals surface area contributed by atoms with E-state index < -0.39 is 12.7 Å². The number of rotatable bonds is 5. The van der Waals surface area contributed by atoms with Gasteiger partial charge in [-0.2, -0.15) is 18.3 Å². The van der Waals surface area contributed by atoms with Crippen LogP contribution in [0.25, 0.3) is 0 Å². The molecular weight excluding hydrogens is 255 g/mol. The van der Waals surface area contributed by atoms with Gasteiger partial charge in [0.15, 0.2) is 5.82 Å². The lowest BCUT2D eigenvalue weighted by atomic mass is 10.3. The van der Waals surface area contributed by atoms with Crippen molar-refractivity contribution in [2.75, 3.05) is 18.0 Å². The normalized spacial score (nSPS) is 11.6. The van der Waals surface area contributed by atoms with Crippen LogP contribution in [0.4, 0.5) is 19.0 Å². The van der Waals surface area contributed by atoms with Crippen LogP contribution in [0.1, 0.15) is 19.0 Å². The van der Waals surface area contributed by atoms with Gasteiger partial charge in [-0.3, -0.25) is 0 Å². The van der Waals surface area contributed by atoms with Gasteiger partial charge in [-0.15, -0.1) is 16.7 Å². The maximum atomic E-state index is 12.3. The molecular formula is C10H13ClF3N3. The molecule has 0 saturated heterocycles. The molecule has 1 heterocycles. The minimum absolute atomic E-state index is 0.195. The van der Waals surface area contributed by atoms with Crippen LogP contribution in [0.5, 0.6) is 0 Å². The number of hydrogen-bond donors (Lipinski definition) is 0. The van der Waals surface area contributed by atoms with E-state index >= 15 is 0 Å². The van der Waals surface area contributed by atoms with Crippen molar-refractivity contribution in [1.29, 1.82) is 0 Å². The number of aromatic nitrogens is 2.